The van der Waals surface area contributed by atoms with Crippen LogP contribution in [0.4, 0.5) is 5.69 Å². The van der Waals surface area contributed by atoms with Gasteiger partial charge in [0.2, 0.25) is 0 Å². The average Bonchev–Trinajstić information content (AvgIpc) is 2.97. The summed E-state index contributed by atoms with van der Waals surface area (Å²) in [5.74, 6) is 2.93. The predicted molar refractivity (Wildman–Crippen MR) is 170 cm³/mol. The van der Waals surface area contributed by atoms with Crippen LogP contribution in [0.2, 0.25) is 5.02 Å². The predicted octanol–water partition coefficient (Wildman–Crippen LogP) is 4.96. The van der Waals surface area contributed by atoms with Gasteiger partial charge in [0.25, 0.3) is 5.56 Å². The van der Waals surface area contributed by atoms with Gasteiger partial charge in [-0.3, -0.25) is 9.36 Å². The molecule has 2 bridgehead atoms. The Balaban J connectivity index is 1.26. The fraction of sp³-hybridized carbons (Fsp3) is 0.545. The van der Waals surface area contributed by atoms with Crippen molar-refractivity contribution < 1.29 is 5.11 Å². The average molecular weight is 591 g/mol. The second-order valence-corrected chi connectivity index (χ2v) is 13.7. The summed E-state index contributed by atoms with van der Waals surface area (Å²) in [6, 6.07) is 13.4. The number of rotatable bonds is 6. The molecule has 8 nitrogen and oxygen atoms in total. The molecule has 1 aromatic heterocycles. The minimum Gasteiger partial charge on any atom is -0.394 e. The van der Waals surface area contributed by atoms with Crippen LogP contribution in [0.3, 0.4) is 0 Å². The van der Waals surface area contributed by atoms with Crippen molar-refractivity contribution in [2.75, 3.05) is 31.6 Å². The number of aliphatic hydroxyl groups is 1. The zero-order chi connectivity index (χ0) is 29.6. The molecule has 0 radical (unpaired) electrons. The Morgan fingerprint density at radius 2 is 2.00 bits per heavy atom. The van der Waals surface area contributed by atoms with E-state index >= 15 is 0 Å². The van der Waals surface area contributed by atoms with Crippen molar-refractivity contribution in [2.24, 2.45) is 28.2 Å². The normalized spacial score (nSPS) is 27.9. The Bertz CT molecular complexity index is 1520. The van der Waals surface area contributed by atoms with Crippen LogP contribution in [-0.4, -0.2) is 63.8 Å². The molecule has 4 fully saturated rings. The molecule has 224 valence electrons. The fourth-order valence-electron chi connectivity index (χ4n) is 7.51. The molecule has 0 spiro atoms. The monoisotopic (exact) mass is 590 g/mol. The first-order chi connectivity index (χ1) is 20.1. The highest BCUT2D eigenvalue weighted by Gasteiger charge is 2.56. The van der Waals surface area contributed by atoms with Gasteiger partial charge in [0.15, 0.2) is 5.96 Å². The second kappa shape index (κ2) is 11.6. The molecule has 4 aliphatic rings. The minimum absolute atomic E-state index is 0.165. The number of anilines is 1. The van der Waals surface area contributed by atoms with Gasteiger partial charge < -0.3 is 20.6 Å². The maximum absolute atomic E-state index is 13.5. The van der Waals surface area contributed by atoms with Crippen LogP contribution in [0.1, 0.15) is 52.1 Å². The summed E-state index contributed by atoms with van der Waals surface area (Å²) in [5, 5.41) is 18.5. The van der Waals surface area contributed by atoms with E-state index in [9.17, 15) is 9.90 Å². The van der Waals surface area contributed by atoms with Gasteiger partial charge in [0, 0.05) is 36.4 Å². The smallest absolute Gasteiger partial charge is 0.261 e. The third-order valence-electron chi connectivity index (χ3n) is 10.3. The summed E-state index contributed by atoms with van der Waals surface area (Å²) in [6.45, 7) is 12.0. The SMILES string of the molecule is C[C@@H]1CN(C(=NC2C[C@H]3C[C@@H]([C@@H]2C)C3(C)C)Nc2ccc3c(=O)n([C@H](CO)Cc4ccc(Cl)cc4)cnc3c2)CCN1. The van der Waals surface area contributed by atoms with Gasteiger partial charge in [-0.1, -0.05) is 44.5 Å². The fourth-order valence-corrected chi connectivity index (χ4v) is 7.64. The zero-order valence-corrected chi connectivity index (χ0v) is 25.8. The lowest BCUT2D eigenvalue weighted by Crippen LogP contribution is -2.57. The van der Waals surface area contributed by atoms with Crippen molar-refractivity contribution in [1.82, 2.24) is 19.8 Å². The van der Waals surface area contributed by atoms with E-state index in [0.717, 1.165) is 55.1 Å². The molecule has 7 rings (SSSR count). The molecule has 42 heavy (non-hydrogen) atoms. The van der Waals surface area contributed by atoms with Gasteiger partial charge in [0.05, 0.1) is 35.9 Å². The minimum atomic E-state index is -0.421. The molecule has 0 amide bonds. The van der Waals surface area contributed by atoms with E-state index in [1.165, 1.54) is 11.0 Å². The van der Waals surface area contributed by atoms with Gasteiger partial charge in [0.1, 0.15) is 0 Å². The largest absolute Gasteiger partial charge is 0.394 e. The van der Waals surface area contributed by atoms with E-state index in [4.69, 9.17) is 16.6 Å². The van der Waals surface area contributed by atoms with Gasteiger partial charge in [-0.25, -0.2) is 9.98 Å². The number of aliphatic hydroxyl groups excluding tert-OH is 1. The van der Waals surface area contributed by atoms with Crippen LogP contribution >= 0.6 is 11.6 Å². The number of halogens is 1. The van der Waals surface area contributed by atoms with Crippen molar-refractivity contribution in [2.45, 2.75) is 65.1 Å². The van der Waals surface area contributed by atoms with E-state index < -0.39 is 6.04 Å². The Morgan fingerprint density at radius 1 is 1.21 bits per heavy atom. The molecule has 6 atom stereocenters. The molecule has 1 saturated heterocycles. The first kappa shape index (κ1) is 29.1. The van der Waals surface area contributed by atoms with Crippen LogP contribution in [0.15, 0.2) is 58.6 Å². The molecule has 2 aromatic carbocycles. The van der Waals surface area contributed by atoms with E-state index in [1.54, 1.807) is 6.33 Å². The number of benzene rings is 2. The van der Waals surface area contributed by atoms with E-state index in [2.05, 4.69) is 48.2 Å². The first-order valence-corrected chi connectivity index (χ1v) is 15.7. The maximum Gasteiger partial charge on any atom is 0.261 e. The molecule has 1 aliphatic heterocycles. The summed E-state index contributed by atoms with van der Waals surface area (Å²) < 4.78 is 1.54. The number of guanidine groups is 1. The van der Waals surface area contributed by atoms with Gasteiger partial charge >= 0.3 is 0 Å². The maximum atomic E-state index is 13.5. The molecule has 3 aliphatic carbocycles. The van der Waals surface area contributed by atoms with Gasteiger partial charge in [-0.2, -0.15) is 0 Å². The number of fused-ring (bicyclic) bond motifs is 3. The molecular formula is C33H43ClN6O2. The summed E-state index contributed by atoms with van der Waals surface area (Å²) in [6.07, 6.45) is 4.52. The number of nitrogens with one attached hydrogen (secondary N) is 2. The van der Waals surface area contributed by atoms with Crippen molar-refractivity contribution >= 4 is 34.2 Å². The topological polar surface area (TPSA) is 94.8 Å². The number of nitrogens with zero attached hydrogens (tertiary/aromatic N) is 4. The second-order valence-electron chi connectivity index (χ2n) is 13.3. The highest BCUT2D eigenvalue weighted by molar-refractivity contribution is 6.30. The molecular weight excluding hydrogens is 548 g/mol. The summed E-state index contributed by atoms with van der Waals surface area (Å²) in [5.41, 5.74) is 2.73. The Kier molecular flexibility index (Phi) is 8.07. The van der Waals surface area contributed by atoms with Crippen LogP contribution < -0.4 is 16.2 Å². The molecule has 9 heteroatoms. The van der Waals surface area contributed by atoms with Crippen molar-refractivity contribution in [3.63, 3.8) is 0 Å². The lowest BCUT2D eigenvalue weighted by molar-refractivity contribution is -0.108. The summed E-state index contributed by atoms with van der Waals surface area (Å²) in [7, 11) is 0. The highest BCUT2D eigenvalue weighted by atomic mass is 35.5. The molecule has 3 N–H and O–H groups in total. The van der Waals surface area contributed by atoms with Crippen LogP contribution in [0.25, 0.3) is 10.9 Å². The Morgan fingerprint density at radius 3 is 2.69 bits per heavy atom. The van der Waals surface area contributed by atoms with Crippen LogP contribution in [0.5, 0.6) is 0 Å². The number of hydrogen-bond donors (Lipinski definition) is 3. The van der Waals surface area contributed by atoms with Crippen molar-refractivity contribution in [3.05, 3.63) is 69.7 Å². The van der Waals surface area contributed by atoms with E-state index in [1.807, 2.05) is 42.5 Å². The lowest BCUT2D eigenvalue weighted by Gasteiger charge is -2.61. The first-order valence-electron chi connectivity index (χ1n) is 15.3. The van der Waals surface area contributed by atoms with Crippen molar-refractivity contribution in [3.8, 4) is 0 Å². The quantitative estimate of drug-likeness (QED) is 0.278. The van der Waals surface area contributed by atoms with Crippen LogP contribution in [0, 0.1) is 23.2 Å². The third-order valence-corrected chi connectivity index (χ3v) is 10.6. The number of aromatic nitrogens is 2. The van der Waals surface area contributed by atoms with E-state index in [0.29, 0.717) is 45.8 Å². The molecule has 3 saturated carbocycles. The Hall–Kier alpha value is -2.94. The summed E-state index contributed by atoms with van der Waals surface area (Å²) in [4.78, 5) is 25.9. The molecule has 1 unspecified atom stereocenters. The molecule has 2 heterocycles. The summed E-state index contributed by atoms with van der Waals surface area (Å²) >= 11 is 6.02. The van der Waals surface area contributed by atoms with E-state index in [-0.39, 0.29) is 12.2 Å². The number of piperazine rings is 1. The zero-order valence-electron chi connectivity index (χ0n) is 25.1. The third kappa shape index (κ3) is 5.56. The Labute approximate surface area is 253 Å². The standard InChI is InChI=1S/C33H43ClN6O2/c1-20-17-39(12-11-35-20)32(38-29-15-23-14-28(21(29)2)33(23,3)4)37-25-9-10-27-30(16-25)36-19-40(31(27)42)26(18-41)13-22-5-7-24(34)8-6-22/h5-10,16,19-21,23,26,28-29,35,41H,11-15,17-18H2,1-4H3,(H,37,38)/t20-,21+,23-,26+,28+,29?/m1/s1. The van der Waals surface area contributed by atoms with Crippen molar-refractivity contribution in [1.29, 1.82) is 0 Å². The highest BCUT2D eigenvalue weighted by Crippen LogP contribution is 2.61. The van der Waals surface area contributed by atoms with Gasteiger partial charge in [-0.15, -0.1) is 0 Å². The van der Waals surface area contributed by atoms with Gasteiger partial charge in [-0.05, 0) is 85.3 Å². The molecule has 3 aromatic rings. The number of aliphatic imine (C=N–C) groups is 1. The lowest BCUT2D eigenvalue weighted by atomic mass is 9.45. The van der Waals surface area contributed by atoms with Crippen LogP contribution in [-0.2, 0) is 6.42 Å². The number of hydrogen-bond acceptors (Lipinski definition) is 5.